The van der Waals surface area contributed by atoms with Crippen molar-refractivity contribution in [2.45, 2.75) is 30.7 Å². The van der Waals surface area contributed by atoms with Gasteiger partial charge >= 0.3 is 0 Å². The minimum atomic E-state index is -3.87. The zero-order chi connectivity index (χ0) is 16.5. The first kappa shape index (κ1) is 16.4. The van der Waals surface area contributed by atoms with Crippen LogP contribution in [0.1, 0.15) is 18.4 Å². The lowest BCUT2D eigenvalue weighted by atomic mass is 10.2. The number of hydrogen-bond donors (Lipinski definition) is 1. The van der Waals surface area contributed by atoms with Gasteiger partial charge in [0.15, 0.2) is 0 Å². The molecule has 120 valence electrons. The third-order valence-corrected chi connectivity index (χ3v) is 5.78. The molecule has 1 amide bonds. The molecule has 1 aliphatic rings. The van der Waals surface area contributed by atoms with Crippen molar-refractivity contribution >= 4 is 21.6 Å². The molecule has 1 saturated heterocycles. The Morgan fingerprint density at radius 3 is 2.68 bits per heavy atom. The van der Waals surface area contributed by atoms with Crippen LogP contribution in [0.3, 0.4) is 0 Å². The number of nitro benzene ring substituents is 1. The van der Waals surface area contributed by atoms with Gasteiger partial charge in [-0.2, -0.15) is 4.31 Å². The molecule has 1 N–H and O–H groups in total. The fourth-order valence-electron chi connectivity index (χ4n) is 2.62. The van der Waals surface area contributed by atoms with Gasteiger partial charge < -0.3 is 5.32 Å². The van der Waals surface area contributed by atoms with Gasteiger partial charge in [-0.25, -0.2) is 8.42 Å². The molecule has 1 aliphatic heterocycles. The van der Waals surface area contributed by atoms with E-state index in [0.717, 1.165) is 6.07 Å². The molecule has 0 spiro atoms. The average Bonchev–Trinajstić information content (AvgIpc) is 2.96. The molecule has 8 nitrogen and oxygen atoms in total. The number of amides is 1. The molecule has 9 heteroatoms. The Labute approximate surface area is 128 Å². The number of carbonyl (C=O) groups is 1. The van der Waals surface area contributed by atoms with Gasteiger partial charge in [-0.3, -0.25) is 14.9 Å². The van der Waals surface area contributed by atoms with Gasteiger partial charge in [0.2, 0.25) is 15.9 Å². The Morgan fingerprint density at radius 1 is 1.45 bits per heavy atom. The first-order chi connectivity index (χ1) is 10.3. The summed E-state index contributed by atoms with van der Waals surface area (Å²) >= 11 is 0. The molecular formula is C13H17N3O5S. The molecule has 1 aromatic carbocycles. The normalized spacial score (nSPS) is 19.1. The highest BCUT2D eigenvalue weighted by molar-refractivity contribution is 7.89. The number of carbonyl (C=O) groups excluding carboxylic acids is 1. The van der Waals surface area contributed by atoms with Gasteiger partial charge in [-0.1, -0.05) is 0 Å². The van der Waals surface area contributed by atoms with Crippen LogP contribution in [0.5, 0.6) is 0 Å². The summed E-state index contributed by atoms with van der Waals surface area (Å²) < 4.78 is 26.7. The third-order valence-electron chi connectivity index (χ3n) is 3.71. The molecule has 1 atom stereocenters. The molecule has 1 aromatic rings. The molecule has 1 fully saturated rings. The number of nitrogens with one attached hydrogen (secondary N) is 1. The second-order valence-corrected chi connectivity index (χ2v) is 6.95. The number of hydrogen-bond acceptors (Lipinski definition) is 5. The van der Waals surface area contributed by atoms with Gasteiger partial charge in [0.25, 0.3) is 5.69 Å². The quantitative estimate of drug-likeness (QED) is 0.650. The van der Waals surface area contributed by atoms with E-state index in [2.05, 4.69) is 5.32 Å². The zero-order valence-corrected chi connectivity index (χ0v) is 13.1. The zero-order valence-electron chi connectivity index (χ0n) is 12.3. The van der Waals surface area contributed by atoms with E-state index in [1.807, 2.05) is 0 Å². The number of benzene rings is 1. The van der Waals surface area contributed by atoms with Crippen molar-refractivity contribution in [2.24, 2.45) is 0 Å². The Kier molecular flexibility index (Phi) is 4.47. The highest BCUT2D eigenvalue weighted by atomic mass is 32.2. The summed E-state index contributed by atoms with van der Waals surface area (Å²) in [5.41, 5.74) is 0.123. The van der Waals surface area contributed by atoms with Crippen molar-refractivity contribution in [3.8, 4) is 0 Å². The van der Waals surface area contributed by atoms with Gasteiger partial charge in [0.05, 0.1) is 9.82 Å². The van der Waals surface area contributed by atoms with Crippen molar-refractivity contribution < 1.29 is 18.1 Å². The lowest BCUT2D eigenvalue weighted by Gasteiger charge is -2.23. The van der Waals surface area contributed by atoms with Crippen LogP contribution in [0.4, 0.5) is 5.69 Å². The van der Waals surface area contributed by atoms with Crippen LogP contribution in [0, 0.1) is 17.0 Å². The summed E-state index contributed by atoms with van der Waals surface area (Å²) in [6, 6.07) is 2.87. The smallest absolute Gasteiger partial charge is 0.269 e. The van der Waals surface area contributed by atoms with Crippen LogP contribution >= 0.6 is 0 Å². The lowest BCUT2D eigenvalue weighted by molar-refractivity contribution is -0.385. The Bertz CT molecular complexity index is 716. The van der Waals surface area contributed by atoms with E-state index in [0.29, 0.717) is 12.8 Å². The SMILES string of the molecule is CNC(=O)C1CCCN1S(=O)(=O)c1ccc([N+](=O)[O-])cc1C. The number of sulfonamides is 1. The number of rotatable bonds is 4. The summed E-state index contributed by atoms with van der Waals surface area (Å²) in [4.78, 5) is 22.0. The largest absolute Gasteiger partial charge is 0.358 e. The molecule has 2 rings (SSSR count). The maximum atomic E-state index is 12.7. The summed E-state index contributed by atoms with van der Waals surface area (Å²) in [5, 5.41) is 13.2. The van der Waals surface area contributed by atoms with E-state index in [1.165, 1.54) is 30.4 Å². The molecular weight excluding hydrogens is 310 g/mol. The second-order valence-electron chi connectivity index (χ2n) is 5.09. The Balaban J connectivity index is 2.42. The monoisotopic (exact) mass is 327 g/mol. The van der Waals surface area contributed by atoms with Gasteiger partial charge in [-0.05, 0) is 31.4 Å². The predicted molar refractivity (Wildman–Crippen MR) is 78.8 cm³/mol. The summed E-state index contributed by atoms with van der Waals surface area (Å²) in [6.45, 7) is 1.77. The highest BCUT2D eigenvalue weighted by Crippen LogP contribution is 2.29. The van der Waals surface area contributed by atoms with E-state index in [-0.39, 0.29) is 28.6 Å². The number of likely N-dealkylation sites (N-methyl/N-ethyl adjacent to an activating group) is 1. The Morgan fingerprint density at radius 2 is 2.14 bits per heavy atom. The number of aryl methyl sites for hydroxylation is 1. The third kappa shape index (κ3) is 2.81. The predicted octanol–water partition coefficient (Wildman–Crippen LogP) is 0.802. The first-order valence-electron chi connectivity index (χ1n) is 6.77. The summed E-state index contributed by atoms with van der Waals surface area (Å²) in [5.74, 6) is -0.347. The molecule has 0 aliphatic carbocycles. The minimum Gasteiger partial charge on any atom is -0.358 e. The number of non-ortho nitro benzene ring substituents is 1. The van der Waals surface area contributed by atoms with E-state index in [9.17, 15) is 23.3 Å². The van der Waals surface area contributed by atoms with Crippen LogP contribution in [0.2, 0.25) is 0 Å². The van der Waals surface area contributed by atoms with E-state index < -0.39 is 21.0 Å². The lowest BCUT2D eigenvalue weighted by Crippen LogP contribution is -2.44. The average molecular weight is 327 g/mol. The fourth-order valence-corrected chi connectivity index (χ4v) is 4.48. The minimum absolute atomic E-state index is 0.00565. The fraction of sp³-hybridized carbons (Fsp3) is 0.462. The Hall–Kier alpha value is -2.00. The molecule has 0 bridgehead atoms. The van der Waals surface area contributed by atoms with E-state index in [1.54, 1.807) is 0 Å². The van der Waals surface area contributed by atoms with Crippen molar-refractivity contribution in [3.05, 3.63) is 33.9 Å². The van der Waals surface area contributed by atoms with Crippen molar-refractivity contribution in [2.75, 3.05) is 13.6 Å². The van der Waals surface area contributed by atoms with Gasteiger partial charge in [0.1, 0.15) is 6.04 Å². The second kappa shape index (κ2) is 6.01. The number of nitrogens with zero attached hydrogens (tertiary/aromatic N) is 2. The molecule has 0 saturated carbocycles. The van der Waals surface area contributed by atoms with Crippen LogP contribution in [-0.2, 0) is 14.8 Å². The van der Waals surface area contributed by atoms with Gasteiger partial charge in [-0.15, -0.1) is 0 Å². The van der Waals surface area contributed by atoms with Crippen LogP contribution < -0.4 is 5.32 Å². The summed E-state index contributed by atoms with van der Waals surface area (Å²) in [7, 11) is -2.41. The van der Waals surface area contributed by atoms with E-state index in [4.69, 9.17) is 0 Å². The first-order valence-corrected chi connectivity index (χ1v) is 8.21. The standard InChI is InChI=1S/C13H17N3O5S/c1-9-8-10(16(18)19)5-6-12(9)22(20,21)15-7-3-4-11(15)13(17)14-2/h5-6,8,11H,3-4,7H2,1-2H3,(H,14,17). The topological polar surface area (TPSA) is 110 Å². The van der Waals surface area contributed by atoms with Crippen LogP contribution in [-0.4, -0.2) is 43.2 Å². The van der Waals surface area contributed by atoms with Crippen molar-refractivity contribution in [1.29, 1.82) is 0 Å². The van der Waals surface area contributed by atoms with Crippen molar-refractivity contribution in [1.82, 2.24) is 9.62 Å². The molecule has 1 heterocycles. The highest BCUT2D eigenvalue weighted by Gasteiger charge is 2.39. The van der Waals surface area contributed by atoms with Gasteiger partial charge in [0, 0.05) is 25.7 Å². The number of nitro groups is 1. The molecule has 0 aromatic heterocycles. The van der Waals surface area contributed by atoms with E-state index >= 15 is 0 Å². The van der Waals surface area contributed by atoms with Crippen LogP contribution in [0.25, 0.3) is 0 Å². The maximum absolute atomic E-state index is 12.7. The maximum Gasteiger partial charge on any atom is 0.269 e. The summed E-state index contributed by atoms with van der Waals surface area (Å²) in [6.07, 6.45) is 1.06. The van der Waals surface area contributed by atoms with Crippen molar-refractivity contribution in [3.63, 3.8) is 0 Å². The molecule has 0 radical (unpaired) electrons. The van der Waals surface area contributed by atoms with Crippen LogP contribution in [0.15, 0.2) is 23.1 Å². The molecule has 22 heavy (non-hydrogen) atoms. The molecule has 1 unspecified atom stereocenters.